The van der Waals surface area contributed by atoms with Crippen molar-refractivity contribution in [2.75, 3.05) is 31.8 Å². The summed E-state index contributed by atoms with van der Waals surface area (Å²) < 4.78 is 11.0. The molecule has 0 bridgehead atoms. The molecule has 2 amide bonds. The first-order chi connectivity index (χ1) is 16.5. The maximum Gasteiger partial charge on any atom is 0.311 e. The van der Waals surface area contributed by atoms with Gasteiger partial charge in [-0.05, 0) is 49.4 Å². The predicted molar refractivity (Wildman–Crippen MR) is 133 cm³/mol. The van der Waals surface area contributed by atoms with Gasteiger partial charge in [0.15, 0.2) is 6.61 Å². The van der Waals surface area contributed by atoms with Gasteiger partial charge in [0.1, 0.15) is 5.75 Å². The molecule has 2 unspecified atom stereocenters. The third-order valence-corrected chi connectivity index (χ3v) is 6.68. The van der Waals surface area contributed by atoms with Gasteiger partial charge >= 0.3 is 5.97 Å². The van der Waals surface area contributed by atoms with E-state index in [1.165, 1.54) is 0 Å². The van der Waals surface area contributed by atoms with E-state index in [9.17, 15) is 14.4 Å². The van der Waals surface area contributed by atoms with E-state index in [1.807, 2.05) is 54.8 Å². The molecule has 182 valence electrons. The maximum absolute atomic E-state index is 13.2. The van der Waals surface area contributed by atoms with Crippen LogP contribution < -0.4 is 10.1 Å². The highest BCUT2D eigenvalue weighted by atomic mass is 32.2. The van der Waals surface area contributed by atoms with E-state index in [0.717, 1.165) is 23.3 Å². The van der Waals surface area contributed by atoms with Gasteiger partial charge in [-0.3, -0.25) is 14.4 Å². The summed E-state index contributed by atoms with van der Waals surface area (Å²) in [4.78, 5) is 41.2. The summed E-state index contributed by atoms with van der Waals surface area (Å²) in [6, 6.07) is 14.4. The number of nitrogens with zero attached hydrogens (tertiary/aromatic N) is 1. The molecule has 7 nitrogen and oxygen atoms in total. The van der Waals surface area contributed by atoms with E-state index in [2.05, 4.69) is 12.2 Å². The van der Waals surface area contributed by atoms with Crippen molar-refractivity contribution in [1.29, 1.82) is 0 Å². The van der Waals surface area contributed by atoms with Gasteiger partial charge in [0, 0.05) is 29.1 Å². The average Bonchev–Trinajstić information content (AvgIpc) is 2.86. The minimum Gasteiger partial charge on any atom is -0.496 e. The Bertz CT molecular complexity index is 995. The molecule has 1 fully saturated rings. The Hall–Kier alpha value is -3.00. The summed E-state index contributed by atoms with van der Waals surface area (Å²) in [6.07, 6.45) is 4.37. The van der Waals surface area contributed by atoms with Crippen LogP contribution in [0.3, 0.4) is 0 Å². The second kappa shape index (κ2) is 12.5. The van der Waals surface area contributed by atoms with Gasteiger partial charge in [-0.2, -0.15) is 0 Å². The molecule has 2 aromatic rings. The number of unbranched alkanes of at least 4 members (excludes halogenated alkanes) is 1. The van der Waals surface area contributed by atoms with E-state index < -0.39 is 23.8 Å². The van der Waals surface area contributed by atoms with Crippen LogP contribution in [0.2, 0.25) is 0 Å². The number of carbonyl (C=O) groups is 3. The van der Waals surface area contributed by atoms with E-state index in [4.69, 9.17) is 9.47 Å². The second-order valence-electron chi connectivity index (χ2n) is 8.16. The van der Waals surface area contributed by atoms with Gasteiger partial charge in [-0.25, -0.2) is 0 Å². The number of methoxy groups -OCH3 is 1. The number of hydrogen-bond donors (Lipinski definition) is 1. The van der Waals surface area contributed by atoms with Crippen LogP contribution >= 0.6 is 11.8 Å². The van der Waals surface area contributed by atoms with Crippen molar-refractivity contribution >= 4 is 35.2 Å². The number of amides is 2. The number of rotatable bonds is 10. The van der Waals surface area contributed by atoms with E-state index in [0.29, 0.717) is 24.4 Å². The van der Waals surface area contributed by atoms with Gasteiger partial charge in [-0.1, -0.05) is 31.5 Å². The van der Waals surface area contributed by atoms with Crippen LogP contribution in [-0.2, 0) is 19.1 Å². The number of benzene rings is 2. The topological polar surface area (TPSA) is 84.9 Å². The molecule has 0 spiro atoms. The SMILES string of the molecule is CCCCN1C(=O)CCC(C(=O)OCC(=O)Nc2ccc(SC)cc2)C1c1ccccc1OC. The monoisotopic (exact) mass is 484 g/mol. The fraction of sp³-hybridized carbons (Fsp3) is 0.423. The molecule has 34 heavy (non-hydrogen) atoms. The molecule has 8 heteroatoms. The number of carbonyl (C=O) groups excluding carboxylic acids is 3. The molecule has 1 heterocycles. The average molecular weight is 485 g/mol. The van der Waals surface area contributed by atoms with Gasteiger partial charge in [0.05, 0.1) is 19.1 Å². The van der Waals surface area contributed by atoms with Crippen LogP contribution in [0.15, 0.2) is 53.4 Å². The van der Waals surface area contributed by atoms with Crippen molar-refractivity contribution in [3.05, 3.63) is 54.1 Å². The summed E-state index contributed by atoms with van der Waals surface area (Å²) in [5.74, 6) is -0.848. The zero-order chi connectivity index (χ0) is 24.5. The minimum absolute atomic E-state index is 0.0137. The summed E-state index contributed by atoms with van der Waals surface area (Å²) in [6.45, 7) is 2.22. The zero-order valence-electron chi connectivity index (χ0n) is 19.9. The zero-order valence-corrected chi connectivity index (χ0v) is 20.7. The fourth-order valence-corrected chi connectivity index (χ4v) is 4.61. The van der Waals surface area contributed by atoms with Gasteiger partial charge in [0.25, 0.3) is 5.91 Å². The van der Waals surface area contributed by atoms with Crippen LogP contribution in [0.25, 0.3) is 0 Å². The number of anilines is 1. The number of para-hydroxylation sites is 1. The molecular weight excluding hydrogens is 452 g/mol. The quantitative estimate of drug-likeness (QED) is 0.389. The van der Waals surface area contributed by atoms with Crippen molar-refractivity contribution in [3.8, 4) is 5.75 Å². The van der Waals surface area contributed by atoms with Gasteiger partial charge in [-0.15, -0.1) is 11.8 Å². The molecule has 1 aliphatic rings. The Kier molecular flexibility index (Phi) is 9.39. The third kappa shape index (κ3) is 6.32. The highest BCUT2D eigenvalue weighted by Gasteiger charge is 2.42. The standard InChI is InChI=1S/C26H32N2O5S/c1-4-5-16-28-24(30)15-14-21(25(28)20-8-6-7-9-22(20)32-2)26(31)33-17-23(29)27-18-10-12-19(34-3)13-11-18/h6-13,21,25H,4-5,14-17H2,1-3H3,(H,27,29). The van der Waals surface area contributed by atoms with E-state index in [1.54, 1.807) is 23.8 Å². The van der Waals surface area contributed by atoms with Crippen molar-refractivity contribution in [1.82, 2.24) is 4.90 Å². The van der Waals surface area contributed by atoms with Crippen LogP contribution in [0.5, 0.6) is 5.75 Å². The smallest absolute Gasteiger partial charge is 0.311 e. The van der Waals surface area contributed by atoms with Crippen LogP contribution in [-0.4, -0.2) is 49.2 Å². The molecule has 1 aliphatic heterocycles. The maximum atomic E-state index is 13.2. The summed E-state index contributed by atoms with van der Waals surface area (Å²) >= 11 is 1.61. The van der Waals surface area contributed by atoms with Crippen LogP contribution in [0.4, 0.5) is 5.69 Å². The van der Waals surface area contributed by atoms with Crippen LogP contribution in [0, 0.1) is 5.92 Å². The number of esters is 1. The lowest BCUT2D eigenvalue weighted by atomic mass is 9.83. The van der Waals surface area contributed by atoms with Crippen LogP contribution in [0.1, 0.15) is 44.2 Å². The number of piperidine rings is 1. The third-order valence-electron chi connectivity index (χ3n) is 5.94. The first-order valence-electron chi connectivity index (χ1n) is 11.5. The highest BCUT2D eigenvalue weighted by Crippen LogP contribution is 2.41. The Morgan fingerprint density at radius 3 is 2.56 bits per heavy atom. The lowest BCUT2D eigenvalue weighted by Gasteiger charge is -2.40. The Morgan fingerprint density at radius 2 is 1.88 bits per heavy atom. The molecule has 0 aromatic heterocycles. The molecule has 2 atom stereocenters. The normalized spacial score (nSPS) is 17.9. The lowest BCUT2D eigenvalue weighted by molar-refractivity contribution is -0.159. The summed E-state index contributed by atoms with van der Waals surface area (Å²) in [5, 5.41) is 2.75. The number of ether oxygens (including phenoxy) is 2. The molecule has 2 aromatic carbocycles. The minimum atomic E-state index is -0.584. The number of hydrogen-bond acceptors (Lipinski definition) is 6. The number of nitrogens with one attached hydrogen (secondary N) is 1. The molecule has 0 radical (unpaired) electrons. The highest BCUT2D eigenvalue weighted by molar-refractivity contribution is 7.98. The predicted octanol–water partition coefficient (Wildman–Crippen LogP) is 4.68. The lowest BCUT2D eigenvalue weighted by Crippen LogP contribution is -2.46. The number of thioether (sulfide) groups is 1. The Labute approximate surface area is 205 Å². The molecule has 0 saturated carbocycles. The van der Waals surface area contributed by atoms with Gasteiger partial charge < -0.3 is 19.7 Å². The Morgan fingerprint density at radius 1 is 1.15 bits per heavy atom. The first-order valence-corrected chi connectivity index (χ1v) is 12.7. The molecule has 0 aliphatic carbocycles. The fourth-order valence-electron chi connectivity index (χ4n) is 4.20. The molecule has 3 rings (SSSR count). The van der Waals surface area contributed by atoms with E-state index in [-0.39, 0.29) is 18.9 Å². The largest absolute Gasteiger partial charge is 0.496 e. The van der Waals surface area contributed by atoms with Crippen molar-refractivity contribution in [2.24, 2.45) is 5.92 Å². The van der Waals surface area contributed by atoms with Gasteiger partial charge in [0.2, 0.25) is 5.91 Å². The van der Waals surface area contributed by atoms with Crippen molar-refractivity contribution in [2.45, 2.75) is 43.5 Å². The van der Waals surface area contributed by atoms with Crippen molar-refractivity contribution < 1.29 is 23.9 Å². The molecule has 1 N–H and O–H groups in total. The number of likely N-dealkylation sites (tertiary alicyclic amines) is 1. The summed E-state index contributed by atoms with van der Waals surface area (Å²) in [7, 11) is 1.57. The summed E-state index contributed by atoms with van der Waals surface area (Å²) in [5.41, 5.74) is 1.41. The van der Waals surface area contributed by atoms with E-state index >= 15 is 0 Å². The molecular formula is C26H32N2O5S. The molecule has 1 saturated heterocycles. The van der Waals surface area contributed by atoms with Crippen molar-refractivity contribution in [3.63, 3.8) is 0 Å². The first kappa shape index (κ1) is 25.6. The second-order valence-corrected chi connectivity index (χ2v) is 9.04. The Balaban J connectivity index is 1.74.